The number of ether oxygens (including phenoxy) is 5. The molecule has 230 valence electrons. The second kappa shape index (κ2) is 12.1. The van der Waals surface area contributed by atoms with Crippen LogP contribution in [0.5, 0.6) is 0 Å². The highest BCUT2D eigenvalue weighted by atomic mass is 31.2. The lowest BCUT2D eigenvalue weighted by molar-refractivity contribution is -0.0677. The Hall–Kier alpha value is -3.33. The van der Waals surface area contributed by atoms with E-state index < -0.39 is 68.7 Å². The fourth-order valence-corrected chi connectivity index (χ4v) is 5.87. The van der Waals surface area contributed by atoms with Crippen molar-refractivity contribution in [3.8, 4) is 0 Å². The molecule has 8 atom stereocenters. The number of methoxy groups -OCH3 is 3. The maximum atomic E-state index is 13.1. The van der Waals surface area contributed by atoms with Gasteiger partial charge in [-0.2, -0.15) is 9.97 Å². The zero-order chi connectivity index (χ0) is 30.2. The van der Waals surface area contributed by atoms with Gasteiger partial charge in [-0.05, 0) is 0 Å². The van der Waals surface area contributed by atoms with E-state index in [1.165, 1.54) is 32.2 Å². The third-order valence-electron chi connectivity index (χ3n) is 6.81. The monoisotopic (exact) mass is 615 g/mol. The lowest BCUT2D eigenvalue weighted by atomic mass is 10.1. The molecule has 5 rings (SSSR count). The van der Waals surface area contributed by atoms with Crippen molar-refractivity contribution in [1.29, 1.82) is 0 Å². The molecule has 0 bridgehead atoms. The second-order valence-electron chi connectivity index (χ2n) is 9.37. The minimum absolute atomic E-state index is 0.0675. The van der Waals surface area contributed by atoms with Crippen molar-refractivity contribution in [1.82, 2.24) is 34.1 Å². The van der Waals surface area contributed by atoms with Gasteiger partial charge in [0.25, 0.3) is 5.56 Å². The average Bonchev–Trinajstić information content (AvgIpc) is 3.63. The van der Waals surface area contributed by atoms with Crippen molar-refractivity contribution < 1.29 is 42.2 Å². The second-order valence-corrected chi connectivity index (χ2v) is 10.8. The molecule has 0 spiro atoms. The predicted molar refractivity (Wildman–Crippen MR) is 140 cm³/mol. The highest BCUT2D eigenvalue weighted by molar-refractivity contribution is 7.47. The number of hydrogen-bond acceptors (Lipinski definition) is 16. The topological polar surface area (TPSA) is 265 Å². The number of hydrogen-bond donors (Lipinski definition) is 4. The van der Waals surface area contributed by atoms with Crippen LogP contribution < -0.4 is 22.7 Å². The number of H-pyrrole nitrogens is 1. The molecule has 2 fully saturated rings. The van der Waals surface area contributed by atoms with E-state index in [2.05, 4.69) is 24.9 Å². The summed E-state index contributed by atoms with van der Waals surface area (Å²) in [6.45, 7) is -0.495. The molecule has 21 heteroatoms. The smallest absolute Gasteiger partial charge is 0.382 e. The predicted octanol–water partition coefficient (Wildman–Crippen LogP) is -1.70. The van der Waals surface area contributed by atoms with Gasteiger partial charge in [-0.25, -0.2) is 19.3 Å². The quantitative estimate of drug-likeness (QED) is 0.175. The molecular weight excluding hydrogens is 585 g/mol. The van der Waals surface area contributed by atoms with Gasteiger partial charge in [0.1, 0.15) is 37.0 Å². The van der Waals surface area contributed by atoms with Gasteiger partial charge >= 0.3 is 13.5 Å². The van der Waals surface area contributed by atoms with Gasteiger partial charge in [0.15, 0.2) is 17.4 Å². The number of imidazole rings is 1. The number of aromatic nitrogens is 7. The number of anilines is 2. The molecule has 0 aromatic carbocycles. The minimum atomic E-state index is -4.80. The number of phosphoric acid groups is 1. The molecule has 0 radical (unpaired) electrons. The SMILES string of the molecule is COC[C@H]1O[C@@H](n2cnc(N)nc2=O)C(OC)C1OP(=O)(O)OC[C@H]1O[C@@H](n2cnc3c(=O)[nH]c(N)nc32)C[C@H]1OC. The molecule has 5 heterocycles. The summed E-state index contributed by atoms with van der Waals surface area (Å²) in [6.07, 6.45) is -3.71. The summed E-state index contributed by atoms with van der Waals surface area (Å²) >= 11 is 0. The van der Waals surface area contributed by atoms with E-state index in [0.717, 1.165) is 10.9 Å². The maximum Gasteiger partial charge on any atom is 0.472 e. The average molecular weight is 615 g/mol. The van der Waals surface area contributed by atoms with E-state index in [1.54, 1.807) is 0 Å². The van der Waals surface area contributed by atoms with Crippen molar-refractivity contribution in [3.05, 3.63) is 33.5 Å². The Bertz CT molecular complexity index is 1580. The number of fused-ring (bicyclic) bond motifs is 1. The molecule has 42 heavy (non-hydrogen) atoms. The molecule has 0 aliphatic carbocycles. The van der Waals surface area contributed by atoms with E-state index >= 15 is 0 Å². The van der Waals surface area contributed by atoms with E-state index in [1.807, 2.05) is 0 Å². The number of nitrogens with one attached hydrogen (secondary N) is 1. The van der Waals surface area contributed by atoms with Gasteiger partial charge in [0.05, 0.1) is 25.6 Å². The Kier molecular flexibility index (Phi) is 8.69. The zero-order valence-corrected chi connectivity index (χ0v) is 23.5. The van der Waals surface area contributed by atoms with Crippen LogP contribution in [-0.2, 0) is 37.3 Å². The Labute approximate surface area is 236 Å². The van der Waals surface area contributed by atoms with Crippen LogP contribution in [0.4, 0.5) is 11.9 Å². The number of nitrogens with two attached hydrogens (primary N) is 2. The van der Waals surface area contributed by atoms with Crippen LogP contribution >= 0.6 is 7.82 Å². The fourth-order valence-electron chi connectivity index (χ4n) is 4.91. The standard InChI is InChI=1S/C21H30N9O11P/c1-35-5-11-14(15(37-3)18(40-11)30-8-25-19(22)28-21(30)32)41-42(33,34)38-6-10-9(36-2)4-12(39-10)29-7-24-13-16(29)26-20(23)27-17(13)31/h7-12,14-15,18H,4-6H2,1-3H3,(H,33,34)(H2,22,28,32)(H3,23,26,27,31)/t9-,10-,11-,12-,14?,15?,18-/m1/s1. The summed E-state index contributed by atoms with van der Waals surface area (Å²) in [5.74, 6) is -0.333. The first-order chi connectivity index (χ1) is 20.0. The first-order valence-electron chi connectivity index (χ1n) is 12.5. The number of nitrogens with zero attached hydrogens (tertiary/aromatic N) is 6. The van der Waals surface area contributed by atoms with Crippen LogP contribution in [-0.4, -0.2) is 104 Å². The van der Waals surface area contributed by atoms with Crippen LogP contribution in [0.2, 0.25) is 0 Å². The van der Waals surface area contributed by atoms with Crippen LogP contribution in [0.1, 0.15) is 18.9 Å². The fraction of sp³-hybridized carbons (Fsp3) is 0.619. The van der Waals surface area contributed by atoms with E-state index in [4.69, 9.17) is 44.2 Å². The lowest BCUT2D eigenvalue weighted by Crippen LogP contribution is -2.39. The van der Waals surface area contributed by atoms with Gasteiger partial charge < -0.3 is 40.0 Å². The zero-order valence-electron chi connectivity index (χ0n) is 22.6. The lowest BCUT2D eigenvalue weighted by Gasteiger charge is -2.26. The molecule has 2 saturated heterocycles. The molecule has 6 N–H and O–H groups in total. The molecule has 0 saturated carbocycles. The molecule has 3 aromatic rings. The summed E-state index contributed by atoms with van der Waals surface area (Å²) < 4.78 is 54.5. The summed E-state index contributed by atoms with van der Waals surface area (Å²) in [7, 11) is -0.644. The van der Waals surface area contributed by atoms with Crippen molar-refractivity contribution in [2.45, 2.75) is 49.4 Å². The van der Waals surface area contributed by atoms with E-state index in [9.17, 15) is 19.0 Å². The molecular formula is C21H30N9O11P. The summed E-state index contributed by atoms with van der Waals surface area (Å²) in [5.41, 5.74) is 10.1. The summed E-state index contributed by atoms with van der Waals surface area (Å²) in [6, 6.07) is 0. The molecule has 2 aliphatic heterocycles. The Morgan fingerprint density at radius 1 is 1.05 bits per heavy atom. The third-order valence-corrected chi connectivity index (χ3v) is 7.79. The Morgan fingerprint density at radius 2 is 1.81 bits per heavy atom. The third kappa shape index (κ3) is 5.93. The number of rotatable bonds is 11. The Balaban J connectivity index is 1.29. The molecule has 3 unspecified atom stereocenters. The van der Waals surface area contributed by atoms with E-state index in [-0.39, 0.29) is 36.1 Å². The molecule has 3 aromatic heterocycles. The normalized spacial score (nSPS) is 29.3. The van der Waals surface area contributed by atoms with Gasteiger partial charge in [0, 0.05) is 27.8 Å². The first kappa shape index (κ1) is 30.1. The van der Waals surface area contributed by atoms with Crippen LogP contribution in [0.25, 0.3) is 11.2 Å². The van der Waals surface area contributed by atoms with Gasteiger partial charge in [-0.15, -0.1) is 0 Å². The van der Waals surface area contributed by atoms with E-state index in [0.29, 0.717) is 0 Å². The molecule has 20 nitrogen and oxygen atoms in total. The minimum Gasteiger partial charge on any atom is -0.382 e. The van der Waals surface area contributed by atoms with Crippen molar-refractivity contribution in [3.63, 3.8) is 0 Å². The van der Waals surface area contributed by atoms with Gasteiger partial charge in [0.2, 0.25) is 11.9 Å². The van der Waals surface area contributed by atoms with Crippen molar-refractivity contribution in [2.75, 3.05) is 46.0 Å². The van der Waals surface area contributed by atoms with Crippen molar-refractivity contribution >= 4 is 30.9 Å². The van der Waals surface area contributed by atoms with Crippen molar-refractivity contribution in [2.24, 2.45) is 0 Å². The van der Waals surface area contributed by atoms with Crippen LogP contribution in [0.3, 0.4) is 0 Å². The molecule has 2 aliphatic rings. The maximum absolute atomic E-state index is 13.1. The van der Waals surface area contributed by atoms with Crippen LogP contribution in [0.15, 0.2) is 22.2 Å². The molecule has 0 amide bonds. The summed E-state index contributed by atoms with van der Waals surface area (Å²) in [5, 5.41) is 0. The highest BCUT2D eigenvalue weighted by Crippen LogP contribution is 2.49. The largest absolute Gasteiger partial charge is 0.472 e. The highest BCUT2D eigenvalue weighted by Gasteiger charge is 2.51. The summed E-state index contributed by atoms with van der Waals surface area (Å²) in [4.78, 5) is 53.2. The van der Waals surface area contributed by atoms with Crippen LogP contribution in [0, 0.1) is 0 Å². The first-order valence-corrected chi connectivity index (χ1v) is 14.0. The number of nitrogen functional groups attached to an aromatic ring is 2. The van der Waals surface area contributed by atoms with Gasteiger partial charge in [-0.1, -0.05) is 0 Å². The van der Waals surface area contributed by atoms with Gasteiger partial charge in [-0.3, -0.25) is 28.0 Å². The number of aromatic amines is 1. The Morgan fingerprint density at radius 3 is 2.50 bits per heavy atom. The number of phosphoric ester groups is 1.